The molecule has 0 unspecified atom stereocenters. The number of rotatable bonds is 3. The average Bonchev–Trinajstić information content (AvgIpc) is 1.99. The molecule has 3 N–H and O–H groups in total. The van der Waals surface area contributed by atoms with Crippen molar-refractivity contribution in [3.05, 3.63) is 0 Å². The molecular weight excluding hydrogens is 136 g/mol. The number of nitrogens with two attached hydrogens (primary N) is 1. The Morgan fingerprint density at radius 1 is 1.80 bits per heavy atom. The molecule has 0 aliphatic heterocycles. The van der Waals surface area contributed by atoms with E-state index in [1.54, 1.807) is 6.92 Å². The van der Waals surface area contributed by atoms with Gasteiger partial charge in [0, 0.05) is 6.42 Å². The van der Waals surface area contributed by atoms with Gasteiger partial charge in [-0.2, -0.15) is 0 Å². The molecule has 0 saturated heterocycles. The molecule has 10 heavy (non-hydrogen) atoms. The molecule has 0 atom stereocenters. The fourth-order valence-corrected chi connectivity index (χ4v) is 0.285. The van der Waals surface area contributed by atoms with E-state index in [1.165, 1.54) is 0 Å². The zero-order valence-corrected chi connectivity index (χ0v) is 5.70. The molecule has 0 radical (unpaired) electrons. The normalized spacial score (nSPS) is 11.1. The highest BCUT2D eigenvalue weighted by Crippen LogP contribution is 1.82. The van der Waals surface area contributed by atoms with Crippen molar-refractivity contribution in [2.45, 2.75) is 13.3 Å². The number of hydrogen-bond donors (Lipinski definition) is 2. The van der Waals surface area contributed by atoms with Crippen LogP contribution in [0.25, 0.3) is 0 Å². The topological polar surface area (TPSA) is 84.9 Å². The second kappa shape index (κ2) is 4.60. The van der Waals surface area contributed by atoms with E-state index in [-0.39, 0.29) is 18.4 Å². The Morgan fingerprint density at radius 3 is 2.80 bits per heavy atom. The molecule has 0 amide bonds. The number of esters is 1. The maximum atomic E-state index is 10.4. The van der Waals surface area contributed by atoms with Gasteiger partial charge in [-0.3, -0.25) is 4.79 Å². The predicted octanol–water partition coefficient (Wildman–Crippen LogP) is -0.314. The van der Waals surface area contributed by atoms with Crippen molar-refractivity contribution in [2.75, 3.05) is 6.61 Å². The van der Waals surface area contributed by atoms with Crippen LogP contribution in [-0.2, 0) is 9.53 Å². The highest BCUT2D eigenvalue weighted by molar-refractivity contribution is 5.83. The zero-order chi connectivity index (χ0) is 7.98. The van der Waals surface area contributed by atoms with E-state index in [2.05, 4.69) is 9.89 Å². The van der Waals surface area contributed by atoms with E-state index < -0.39 is 0 Å². The average molecular weight is 146 g/mol. The van der Waals surface area contributed by atoms with Gasteiger partial charge in [0.1, 0.15) is 0 Å². The summed E-state index contributed by atoms with van der Waals surface area (Å²) in [6.45, 7) is 1.51. The highest BCUT2D eigenvalue weighted by Gasteiger charge is 1.98. The summed E-state index contributed by atoms with van der Waals surface area (Å²) >= 11 is 0. The van der Waals surface area contributed by atoms with E-state index in [0.29, 0.717) is 6.42 Å². The number of amidine groups is 1. The number of nitrogens with zero attached hydrogens (tertiary/aromatic N) is 1. The summed E-state index contributed by atoms with van der Waals surface area (Å²) in [5.74, 6) is -0.478. The number of ether oxygens (including phenoxy) is 1. The number of hydrogen-bond acceptors (Lipinski definition) is 4. The van der Waals surface area contributed by atoms with Crippen molar-refractivity contribution in [3.63, 3.8) is 0 Å². The molecule has 58 valence electrons. The summed E-state index contributed by atoms with van der Waals surface area (Å²) in [4.78, 5) is 10.4. The van der Waals surface area contributed by atoms with Gasteiger partial charge in [-0.15, -0.1) is 0 Å². The lowest BCUT2D eigenvalue weighted by Gasteiger charge is -1.99. The smallest absolute Gasteiger partial charge is 0.305 e. The Labute approximate surface area is 58.5 Å². The zero-order valence-electron chi connectivity index (χ0n) is 5.70. The predicted molar refractivity (Wildman–Crippen MR) is 34.7 cm³/mol. The second-order valence-electron chi connectivity index (χ2n) is 1.61. The van der Waals surface area contributed by atoms with Crippen LogP contribution in [-0.4, -0.2) is 23.6 Å². The van der Waals surface area contributed by atoms with Gasteiger partial charge in [-0.25, -0.2) is 0 Å². The van der Waals surface area contributed by atoms with E-state index in [4.69, 9.17) is 10.9 Å². The quantitative estimate of drug-likeness (QED) is 0.188. The number of carbonyl (C=O) groups excluding carboxylic acids is 1. The van der Waals surface area contributed by atoms with Gasteiger partial charge in [-0.1, -0.05) is 12.1 Å². The molecule has 0 saturated carbocycles. The van der Waals surface area contributed by atoms with Crippen molar-refractivity contribution in [1.82, 2.24) is 0 Å². The molecule has 0 bridgehead atoms. The molecule has 0 rings (SSSR count). The standard InChI is InChI=1S/C5H10N2O3/c1-2-5(8)10-3-4(6)7-9/h9H,2-3H2,1H3,(H2,6,7). The molecule has 0 aromatic carbocycles. The van der Waals surface area contributed by atoms with Crippen LogP contribution in [0.4, 0.5) is 0 Å². The van der Waals surface area contributed by atoms with Gasteiger partial charge in [0.2, 0.25) is 0 Å². The van der Waals surface area contributed by atoms with Gasteiger partial charge in [0.05, 0.1) is 0 Å². The Morgan fingerprint density at radius 2 is 2.40 bits per heavy atom. The summed E-state index contributed by atoms with van der Waals surface area (Å²) in [7, 11) is 0. The van der Waals surface area contributed by atoms with Crippen molar-refractivity contribution in [2.24, 2.45) is 10.9 Å². The Hall–Kier alpha value is -1.26. The fraction of sp³-hybridized carbons (Fsp3) is 0.600. The van der Waals surface area contributed by atoms with Gasteiger partial charge < -0.3 is 15.7 Å². The van der Waals surface area contributed by atoms with Crippen LogP contribution in [0.3, 0.4) is 0 Å². The molecule has 5 nitrogen and oxygen atoms in total. The first kappa shape index (κ1) is 8.74. The Balaban J connectivity index is 3.45. The van der Waals surface area contributed by atoms with Crippen molar-refractivity contribution < 1.29 is 14.7 Å². The summed E-state index contributed by atoms with van der Waals surface area (Å²) < 4.78 is 4.49. The van der Waals surface area contributed by atoms with Crippen LogP contribution in [0, 0.1) is 0 Å². The number of carbonyl (C=O) groups is 1. The third-order valence-corrected chi connectivity index (χ3v) is 0.798. The third kappa shape index (κ3) is 3.71. The van der Waals surface area contributed by atoms with E-state index in [9.17, 15) is 4.79 Å². The van der Waals surface area contributed by atoms with Crippen LogP contribution in [0.1, 0.15) is 13.3 Å². The van der Waals surface area contributed by atoms with Gasteiger partial charge in [-0.05, 0) is 0 Å². The van der Waals surface area contributed by atoms with Crippen LogP contribution in [0.5, 0.6) is 0 Å². The molecule has 0 spiro atoms. The molecule has 0 heterocycles. The lowest BCUT2D eigenvalue weighted by Crippen LogP contribution is -2.21. The highest BCUT2D eigenvalue weighted by atomic mass is 16.5. The minimum atomic E-state index is -0.369. The lowest BCUT2D eigenvalue weighted by molar-refractivity contribution is -0.141. The van der Waals surface area contributed by atoms with E-state index >= 15 is 0 Å². The van der Waals surface area contributed by atoms with E-state index in [0.717, 1.165) is 0 Å². The summed E-state index contributed by atoms with van der Waals surface area (Å²) in [5.41, 5.74) is 5.00. The van der Waals surface area contributed by atoms with Crippen molar-refractivity contribution in [1.29, 1.82) is 0 Å². The summed E-state index contributed by atoms with van der Waals surface area (Å²) in [6.07, 6.45) is 0.290. The van der Waals surface area contributed by atoms with Crippen molar-refractivity contribution in [3.8, 4) is 0 Å². The molecular formula is C5H10N2O3. The van der Waals surface area contributed by atoms with Crippen LogP contribution in [0.15, 0.2) is 5.16 Å². The van der Waals surface area contributed by atoms with Crippen molar-refractivity contribution >= 4 is 11.8 Å². The molecule has 0 aromatic heterocycles. The van der Waals surface area contributed by atoms with Crippen LogP contribution < -0.4 is 5.73 Å². The first-order chi connectivity index (χ1) is 4.70. The molecule has 0 fully saturated rings. The van der Waals surface area contributed by atoms with Gasteiger partial charge >= 0.3 is 5.97 Å². The minimum absolute atomic E-state index is 0.109. The molecule has 0 aliphatic carbocycles. The third-order valence-electron chi connectivity index (χ3n) is 0.798. The Bertz CT molecular complexity index is 144. The SMILES string of the molecule is CCC(=O)OC/C(N)=N/O. The first-order valence-electron chi connectivity index (χ1n) is 2.82. The summed E-state index contributed by atoms with van der Waals surface area (Å²) in [5, 5.41) is 10.6. The maximum Gasteiger partial charge on any atom is 0.305 e. The monoisotopic (exact) mass is 146 g/mol. The first-order valence-corrected chi connectivity index (χ1v) is 2.82. The number of oxime groups is 1. The summed E-state index contributed by atoms with van der Waals surface area (Å²) in [6, 6.07) is 0. The molecule has 5 heteroatoms. The van der Waals surface area contributed by atoms with E-state index in [1.807, 2.05) is 0 Å². The molecule has 0 aliphatic rings. The van der Waals surface area contributed by atoms with Crippen LogP contribution in [0.2, 0.25) is 0 Å². The van der Waals surface area contributed by atoms with Gasteiger partial charge in [0.25, 0.3) is 0 Å². The molecule has 0 aromatic rings. The minimum Gasteiger partial charge on any atom is -0.457 e. The maximum absolute atomic E-state index is 10.4. The van der Waals surface area contributed by atoms with Crippen LogP contribution >= 0.6 is 0 Å². The fourth-order valence-electron chi connectivity index (χ4n) is 0.285. The van der Waals surface area contributed by atoms with Gasteiger partial charge in [0.15, 0.2) is 12.4 Å². The Kier molecular flexibility index (Phi) is 4.02. The second-order valence-corrected chi connectivity index (χ2v) is 1.61. The lowest BCUT2D eigenvalue weighted by atomic mass is 10.5. The largest absolute Gasteiger partial charge is 0.457 e.